The van der Waals surface area contributed by atoms with E-state index in [1.54, 1.807) is 0 Å². The predicted octanol–water partition coefficient (Wildman–Crippen LogP) is 3.86. The maximum atomic E-state index is 10.8. The summed E-state index contributed by atoms with van der Waals surface area (Å²) in [5.41, 5.74) is 14.5. The second kappa shape index (κ2) is 7.45. The fourth-order valence-corrected chi connectivity index (χ4v) is 3.53. The minimum absolute atomic E-state index is 0.236. The second-order valence-electron chi connectivity index (χ2n) is 6.58. The first-order chi connectivity index (χ1) is 11.6. The monoisotopic (exact) mass is 362 g/mol. The van der Waals surface area contributed by atoms with Gasteiger partial charge < -0.3 is 11.1 Å². The van der Waals surface area contributed by atoms with Gasteiger partial charge in [-0.05, 0) is 91.8 Å². The van der Waals surface area contributed by atoms with Crippen LogP contribution in [0, 0.1) is 27.7 Å². The van der Waals surface area contributed by atoms with E-state index in [-0.39, 0.29) is 5.75 Å². The van der Waals surface area contributed by atoms with Gasteiger partial charge in [0.1, 0.15) is 0 Å². The topological polar surface area (TPSA) is 92.4 Å². The molecule has 0 fully saturated rings. The molecule has 6 heteroatoms. The molecule has 0 aromatic heterocycles. The number of aryl methyl sites for hydroxylation is 4. The van der Waals surface area contributed by atoms with Crippen LogP contribution in [0.5, 0.6) is 0 Å². The highest BCUT2D eigenvalue weighted by atomic mass is 32.2. The third-order valence-corrected chi connectivity index (χ3v) is 5.15. The number of nitrogens with one attached hydrogen (secondary N) is 1. The molecule has 0 heterocycles. The number of rotatable bonds is 6. The van der Waals surface area contributed by atoms with E-state index in [9.17, 15) is 8.42 Å². The largest absolute Gasteiger partial charge is 0.398 e. The Morgan fingerprint density at radius 1 is 0.920 bits per heavy atom. The lowest BCUT2D eigenvalue weighted by atomic mass is 9.95. The van der Waals surface area contributed by atoms with Crippen LogP contribution in [0.4, 0.5) is 11.4 Å². The summed E-state index contributed by atoms with van der Waals surface area (Å²) in [4.78, 5) is 0. The molecule has 0 aliphatic heterocycles. The van der Waals surface area contributed by atoms with Crippen LogP contribution in [0.15, 0.2) is 24.3 Å². The second-order valence-corrected chi connectivity index (χ2v) is 8.15. The van der Waals surface area contributed by atoms with Crippen LogP contribution in [-0.4, -0.2) is 25.3 Å². The van der Waals surface area contributed by atoms with Crippen molar-refractivity contribution in [2.45, 2.75) is 34.1 Å². The molecule has 25 heavy (non-hydrogen) atoms. The molecule has 0 atom stereocenters. The van der Waals surface area contributed by atoms with Gasteiger partial charge in [-0.25, -0.2) is 0 Å². The van der Waals surface area contributed by atoms with Crippen LogP contribution in [0.25, 0.3) is 11.1 Å². The Morgan fingerprint density at radius 2 is 1.36 bits per heavy atom. The average molecular weight is 362 g/mol. The molecule has 136 valence electrons. The Labute approximate surface area is 150 Å². The zero-order valence-corrected chi connectivity index (χ0v) is 16.0. The average Bonchev–Trinajstić information content (AvgIpc) is 2.49. The van der Waals surface area contributed by atoms with Gasteiger partial charge in [-0.15, -0.1) is 0 Å². The molecule has 0 bridgehead atoms. The van der Waals surface area contributed by atoms with E-state index in [1.165, 1.54) is 0 Å². The minimum Gasteiger partial charge on any atom is -0.398 e. The fraction of sp³-hybridized carbons (Fsp3) is 0.368. The van der Waals surface area contributed by atoms with E-state index in [0.29, 0.717) is 13.0 Å². The molecule has 0 unspecified atom stereocenters. The molecule has 0 amide bonds. The number of anilines is 2. The van der Waals surface area contributed by atoms with Crippen LogP contribution in [-0.2, 0) is 10.1 Å². The lowest BCUT2D eigenvalue weighted by Gasteiger charge is -2.16. The summed E-state index contributed by atoms with van der Waals surface area (Å²) in [5.74, 6) is -0.236. The van der Waals surface area contributed by atoms with Gasteiger partial charge in [0.2, 0.25) is 0 Å². The highest BCUT2D eigenvalue weighted by Crippen LogP contribution is 2.31. The number of nitrogens with two attached hydrogens (primary N) is 1. The van der Waals surface area contributed by atoms with Crippen molar-refractivity contribution in [3.05, 3.63) is 46.5 Å². The van der Waals surface area contributed by atoms with E-state index in [4.69, 9.17) is 10.3 Å². The normalized spacial score (nSPS) is 11.6. The number of hydrogen-bond acceptors (Lipinski definition) is 4. The summed E-state index contributed by atoms with van der Waals surface area (Å²) < 4.78 is 30.3. The number of nitrogen functional groups attached to an aromatic ring is 1. The Kier molecular flexibility index (Phi) is 5.75. The van der Waals surface area contributed by atoms with Crippen LogP contribution >= 0.6 is 0 Å². The van der Waals surface area contributed by atoms with Crippen molar-refractivity contribution >= 4 is 21.5 Å². The van der Waals surface area contributed by atoms with Crippen molar-refractivity contribution in [3.8, 4) is 11.1 Å². The molecule has 0 aliphatic carbocycles. The molecular weight excluding hydrogens is 336 g/mol. The van der Waals surface area contributed by atoms with Crippen LogP contribution in [0.1, 0.15) is 28.7 Å². The molecule has 0 radical (unpaired) electrons. The first-order valence-electron chi connectivity index (χ1n) is 8.26. The Morgan fingerprint density at radius 3 is 1.80 bits per heavy atom. The maximum absolute atomic E-state index is 10.8. The third-order valence-electron chi connectivity index (χ3n) is 4.34. The van der Waals surface area contributed by atoms with Crippen LogP contribution in [0.2, 0.25) is 0 Å². The van der Waals surface area contributed by atoms with Gasteiger partial charge in [-0.2, -0.15) is 8.42 Å². The van der Waals surface area contributed by atoms with Crippen molar-refractivity contribution in [2.24, 2.45) is 0 Å². The SMILES string of the molecule is Cc1cc(-c2cc(C)c(NCCCS(=O)(=O)O)c(C)c2)cc(C)c1N. The molecule has 4 N–H and O–H groups in total. The summed E-state index contributed by atoms with van der Waals surface area (Å²) in [6, 6.07) is 8.41. The van der Waals surface area contributed by atoms with E-state index in [0.717, 1.165) is 44.8 Å². The summed E-state index contributed by atoms with van der Waals surface area (Å²) in [7, 11) is -3.90. The predicted molar refractivity (Wildman–Crippen MR) is 105 cm³/mol. The standard InChI is InChI=1S/C19H26N2O3S/c1-12-8-16(9-13(2)18(12)20)17-10-14(3)19(15(4)11-17)21-6-5-7-25(22,23)24/h8-11,21H,5-7,20H2,1-4H3,(H,22,23,24). The molecule has 2 aromatic rings. The van der Waals surface area contributed by atoms with Gasteiger partial charge in [0.25, 0.3) is 10.1 Å². The van der Waals surface area contributed by atoms with E-state index in [2.05, 4.69) is 29.6 Å². The van der Waals surface area contributed by atoms with Gasteiger partial charge >= 0.3 is 0 Å². The van der Waals surface area contributed by atoms with Crippen molar-refractivity contribution < 1.29 is 13.0 Å². The summed E-state index contributed by atoms with van der Waals surface area (Å²) >= 11 is 0. The zero-order valence-electron chi connectivity index (χ0n) is 15.2. The van der Waals surface area contributed by atoms with Crippen molar-refractivity contribution in [1.82, 2.24) is 0 Å². The third kappa shape index (κ3) is 4.96. The highest BCUT2D eigenvalue weighted by molar-refractivity contribution is 7.85. The van der Waals surface area contributed by atoms with E-state index >= 15 is 0 Å². The molecule has 0 saturated carbocycles. The quantitative estimate of drug-likeness (QED) is 0.412. The lowest BCUT2D eigenvalue weighted by Crippen LogP contribution is -2.11. The summed E-state index contributed by atoms with van der Waals surface area (Å²) in [6.45, 7) is 8.56. The fourth-order valence-electron chi connectivity index (χ4n) is 3.02. The van der Waals surface area contributed by atoms with E-state index in [1.807, 2.05) is 27.7 Å². The first kappa shape index (κ1) is 19.3. The van der Waals surface area contributed by atoms with Crippen LogP contribution in [0.3, 0.4) is 0 Å². The van der Waals surface area contributed by atoms with Gasteiger partial charge in [-0.3, -0.25) is 4.55 Å². The molecule has 0 saturated heterocycles. The van der Waals surface area contributed by atoms with Gasteiger partial charge in [0.15, 0.2) is 0 Å². The number of hydrogen-bond donors (Lipinski definition) is 3. The summed E-state index contributed by atoms with van der Waals surface area (Å²) in [5, 5.41) is 3.27. The summed E-state index contributed by atoms with van der Waals surface area (Å²) in [6.07, 6.45) is 0.357. The first-order valence-corrected chi connectivity index (χ1v) is 9.87. The molecule has 5 nitrogen and oxygen atoms in total. The van der Waals surface area contributed by atoms with Crippen molar-refractivity contribution in [1.29, 1.82) is 0 Å². The Bertz CT molecular complexity index is 844. The van der Waals surface area contributed by atoms with E-state index < -0.39 is 10.1 Å². The lowest BCUT2D eigenvalue weighted by molar-refractivity contribution is 0.481. The molecule has 2 aromatic carbocycles. The molecule has 0 spiro atoms. The molecular formula is C19H26N2O3S. The number of benzene rings is 2. The maximum Gasteiger partial charge on any atom is 0.264 e. The Hall–Kier alpha value is -2.05. The van der Waals surface area contributed by atoms with Crippen molar-refractivity contribution in [2.75, 3.05) is 23.3 Å². The minimum atomic E-state index is -3.90. The van der Waals surface area contributed by atoms with Crippen molar-refractivity contribution in [3.63, 3.8) is 0 Å². The highest BCUT2D eigenvalue weighted by Gasteiger charge is 2.10. The van der Waals surface area contributed by atoms with Crippen LogP contribution < -0.4 is 11.1 Å². The smallest absolute Gasteiger partial charge is 0.264 e. The molecule has 0 aliphatic rings. The van der Waals surface area contributed by atoms with Gasteiger partial charge in [-0.1, -0.05) is 0 Å². The van der Waals surface area contributed by atoms with Gasteiger partial charge in [0, 0.05) is 17.9 Å². The Balaban J connectivity index is 2.22. The van der Waals surface area contributed by atoms with Gasteiger partial charge in [0.05, 0.1) is 5.75 Å². The molecule has 2 rings (SSSR count). The zero-order chi connectivity index (χ0) is 18.8.